The minimum atomic E-state index is 0.0580. The molecule has 0 spiro atoms. The van der Waals surface area contributed by atoms with E-state index in [9.17, 15) is 4.79 Å². The molecule has 110 valence electrons. The number of rotatable bonds is 5. The second kappa shape index (κ2) is 5.38. The molecule has 0 aliphatic heterocycles. The second-order valence-corrected chi connectivity index (χ2v) is 6.35. The first-order chi connectivity index (χ1) is 9.32. The number of aromatic nitrogens is 2. The van der Waals surface area contributed by atoms with Gasteiger partial charge in [-0.3, -0.25) is 4.79 Å². The lowest BCUT2D eigenvalue weighted by molar-refractivity contribution is -0.123. The Hall–Kier alpha value is -1.65. The van der Waals surface area contributed by atoms with Crippen molar-refractivity contribution in [2.75, 3.05) is 6.54 Å². The van der Waals surface area contributed by atoms with Crippen molar-refractivity contribution in [3.63, 3.8) is 0 Å². The molecule has 1 aromatic rings. The molecule has 5 heteroatoms. The highest BCUT2D eigenvalue weighted by atomic mass is 16.5. The van der Waals surface area contributed by atoms with Gasteiger partial charge in [-0.25, -0.2) is 0 Å². The van der Waals surface area contributed by atoms with Gasteiger partial charge in [0.15, 0.2) is 5.82 Å². The van der Waals surface area contributed by atoms with Crippen LogP contribution in [-0.4, -0.2) is 22.6 Å². The smallest absolute Gasteiger partial charge is 0.228 e. The SMILES string of the molecule is CC(C)=C[C@@H]1[C@H](C(=O)NCCc2nc(C)no2)C1(C)C. The van der Waals surface area contributed by atoms with E-state index in [0.717, 1.165) is 0 Å². The van der Waals surface area contributed by atoms with Crippen LogP contribution in [0.3, 0.4) is 0 Å². The molecule has 0 saturated heterocycles. The van der Waals surface area contributed by atoms with Crippen LogP contribution in [0.2, 0.25) is 0 Å². The third-order valence-electron chi connectivity index (χ3n) is 3.91. The van der Waals surface area contributed by atoms with Crippen molar-refractivity contribution in [1.82, 2.24) is 15.5 Å². The Balaban J connectivity index is 1.82. The van der Waals surface area contributed by atoms with Crippen LogP contribution in [0.5, 0.6) is 0 Å². The van der Waals surface area contributed by atoms with Crippen LogP contribution in [0, 0.1) is 24.2 Å². The van der Waals surface area contributed by atoms with Crippen LogP contribution < -0.4 is 5.32 Å². The van der Waals surface area contributed by atoms with Crippen molar-refractivity contribution in [3.8, 4) is 0 Å². The average molecular weight is 277 g/mol. The Kier molecular flexibility index (Phi) is 3.97. The summed E-state index contributed by atoms with van der Waals surface area (Å²) in [6, 6.07) is 0. The molecular formula is C15H23N3O2. The Morgan fingerprint density at radius 2 is 2.15 bits per heavy atom. The lowest BCUT2D eigenvalue weighted by Gasteiger charge is -2.04. The Bertz CT molecular complexity index is 527. The van der Waals surface area contributed by atoms with Crippen molar-refractivity contribution in [3.05, 3.63) is 23.4 Å². The number of carbonyl (C=O) groups is 1. The molecule has 0 aromatic carbocycles. The zero-order valence-electron chi connectivity index (χ0n) is 12.9. The summed E-state index contributed by atoms with van der Waals surface area (Å²) in [6.45, 7) is 10.7. The first-order valence-electron chi connectivity index (χ1n) is 7.04. The van der Waals surface area contributed by atoms with E-state index >= 15 is 0 Å². The molecule has 1 heterocycles. The van der Waals surface area contributed by atoms with Crippen LogP contribution in [-0.2, 0) is 11.2 Å². The van der Waals surface area contributed by atoms with Gasteiger partial charge in [-0.1, -0.05) is 30.7 Å². The quantitative estimate of drug-likeness (QED) is 0.838. The predicted molar refractivity (Wildman–Crippen MR) is 75.9 cm³/mol. The Morgan fingerprint density at radius 1 is 1.45 bits per heavy atom. The number of aryl methyl sites for hydroxylation is 1. The summed E-state index contributed by atoms with van der Waals surface area (Å²) in [5, 5.41) is 6.69. The molecule has 1 aliphatic rings. The maximum absolute atomic E-state index is 12.2. The van der Waals surface area contributed by atoms with E-state index in [1.165, 1.54) is 5.57 Å². The van der Waals surface area contributed by atoms with Gasteiger partial charge >= 0.3 is 0 Å². The maximum atomic E-state index is 12.2. The molecule has 0 radical (unpaired) electrons. The molecule has 1 N–H and O–H groups in total. The molecule has 0 bridgehead atoms. The number of nitrogens with one attached hydrogen (secondary N) is 1. The molecule has 1 amide bonds. The van der Waals surface area contributed by atoms with E-state index < -0.39 is 0 Å². The van der Waals surface area contributed by atoms with Crippen molar-refractivity contribution < 1.29 is 9.32 Å². The fourth-order valence-corrected chi connectivity index (χ4v) is 2.69. The van der Waals surface area contributed by atoms with Crippen molar-refractivity contribution >= 4 is 5.91 Å². The number of allylic oxidation sites excluding steroid dienone is 2. The van der Waals surface area contributed by atoms with Gasteiger partial charge in [0.05, 0.1) is 5.92 Å². The summed E-state index contributed by atoms with van der Waals surface area (Å²) in [4.78, 5) is 16.3. The van der Waals surface area contributed by atoms with Crippen LogP contribution in [0.15, 0.2) is 16.2 Å². The van der Waals surface area contributed by atoms with Gasteiger partial charge in [-0.15, -0.1) is 0 Å². The molecule has 1 aromatic heterocycles. The summed E-state index contributed by atoms with van der Waals surface area (Å²) in [7, 11) is 0. The topological polar surface area (TPSA) is 68.0 Å². The summed E-state index contributed by atoms with van der Waals surface area (Å²) in [5.41, 5.74) is 1.32. The van der Waals surface area contributed by atoms with Gasteiger partial charge in [0.2, 0.25) is 11.8 Å². The van der Waals surface area contributed by atoms with E-state index in [2.05, 4.69) is 49.2 Å². The number of hydrogen-bond donors (Lipinski definition) is 1. The fraction of sp³-hybridized carbons (Fsp3) is 0.667. The average Bonchev–Trinajstić information content (AvgIpc) is 2.68. The van der Waals surface area contributed by atoms with Gasteiger partial charge in [-0.05, 0) is 32.1 Å². The largest absolute Gasteiger partial charge is 0.355 e. The third kappa shape index (κ3) is 3.08. The van der Waals surface area contributed by atoms with Crippen LogP contribution in [0.1, 0.15) is 39.4 Å². The van der Waals surface area contributed by atoms with Crippen LogP contribution >= 0.6 is 0 Å². The Morgan fingerprint density at radius 3 is 2.70 bits per heavy atom. The van der Waals surface area contributed by atoms with Crippen LogP contribution in [0.25, 0.3) is 0 Å². The molecule has 20 heavy (non-hydrogen) atoms. The summed E-state index contributed by atoms with van der Waals surface area (Å²) in [5.74, 6) is 1.73. The van der Waals surface area contributed by atoms with E-state index in [-0.39, 0.29) is 17.2 Å². The predicted octanol–water partition coefficient (Wildman–Crippen LogP) is 2.28. The first-order valence-corrected chi connectivity index (χ1v) is 7.04. The summed E-state index contributed by atoms with van der Waals surface area (Å²) in [6.07, 6.45) is 2.78. The number of amides is 1. The second-order valence-electron chi connectivity index (χ2n) is 6.35. The van der Waals surface area contributed by atoms with Crippen molar-refractivity contribution in [2.45, 2.75) is 41.0 Å². The molecule has 2 atom stereocenters. The molecule has 1 aliphatic carbocycles. The maximum Gasteiger partial charge on any atom is 0.228 e. The molecule has 2 rings (SSSR count). The lowest BCUT2D eigenvalue weighted by Crippen LogP contribution is -2.28. The summed E-state index contributed by atoms with van der Waals surface area (Å²) < 4.78 is 5.01. The third-order valence-corrected chi connectivity index (χ3v) is 3.91. The number of carbonyl (C=O) groups excluding carboxylic acids is 1. The monoisotopic (exact) mass is 277 g/mol. The van der Waals surface area contributed by atoms with E-state index in [4.69, 9.17) is 4.52 Å². The first kappa shape index (κ1) is 14.8. The number of hydrogen-bond acceptors (Lipinski definition) is 4. The molecule has 5 nitrogen and oxygen atoms in total. The standard InChI is InChI=1S/C15H23N3O2/c1-9(2)8-11-13(15(11,4)5)14(19)16-7-6-12-17-10(3)18-20-12/h8,11,13H,6-7H2,1-5H3,(H,16,19)/t11-,13-/m1/s1. The highest BCUT2D eigenvalue weighted by Gasteiger charge is 2.60. The summed E-state index contributed by atoms with van der Waals surface area (Å²) >= 11 is 0. The van der Waals surface area contributed by atoms with E-state index in [1.54, 1.807) is 6.92 Å². The van der Waals surface area contributed by atoms with Gasteiger partial charge in [0, 0.05) is 13.0 Å². The normalized spacial score (nSPS) is 23.2. The molecular weight excluding hydrogens is 254 g/mol. The highest BCUT2D eigenvalue weighted by Crippen LogP contribution is 2.59. The van der Waals surface area contributed by atoms with Gasteiger partial charge in [0.1, 0.15) is 0 Å². The van der Waals surface area contributed by atoms with Gasteiger partial charge in [-0.2, -0.15) is 4.98 Å². The highest BCUT2D eigenvalue weighted by molar-refractivity contribution is 5.83. The molecule has 1 saturated carbocycles. The fourth-order valence-electron chi connectivity index (χ4n) is 2.69. The van der Waals surface area contributed by atoms with E-state index in [1.807, 2.05) is 0 Å². The lowest BCUT2D eigenvalue weighted by atomic mass is 10.1. The minimum absolute atomic E-state index is 0.0580. The zero-order valence-corrected chi connectivity index (χ0v) is 12.9. The molecule has 0 unspecified atom stereocenters. The minimum Gasteiger partial charge on any atom is -0.355 e. The van der Waals surface area contributed by atoms with Crippen LogP contribution in [0.4, 0.5) is 0 Å². The van der Waals surface area contributed by atoms with Crippen molar-refractivity contribution in [2.24, 2.45) is 17.3 Å². The van der Waals surface area contributed by atoms with Crippen molar-refractivity contribution in [1.29, 1.82) is 0 Å². The van der Waals surface area contributed by atoms with E-state index in [0.29, 0.717) is 30.6 Å². The molecule has 1 fully saturated rings. The number of nitrogens with zero attached hydrogens (tertiary/aromatic N) is 2. The van der Waals surface area contributed by atoms with Gasteiger partial charge < -0.3 is 9.84 Å². The zero-order chi connectivity index (χ0) is 14.9. The van der Waals surface area contributed by atoms with Gasteiger partial charge in [0.25, 0.3) is 0 Å². The Labute approximate surface area is 119 Å².